The highest BCUT2D eigenvalue weighted by Gasteiger charge is 2.20. The van der Waals surface area contributed by atoms with Crippen molar-refractivity contribution in [3.8, 4) is 6.07 Å². The molecule has 3 nitrogen and oxygen atoms in total. The van der Waals surface area contributed by atoms with Gasteiger partial charge >= 0.3 is 0 Å². The molecule has 0 spiro atoms. The molecule has 0 radical (unpaired) electrons. The van der Waals surface area contributed by atoms with Crippen LogP contribution in [0.25, 0.3) is 0 Å². The highest BCUT2D eigenvalue weighted by Crippen LogP contribution is 2.22. The first-order valence-electron chi connectivity index (χ1n) is 5.64. The van der Waals surface area contributed by atoms with Gasteiger partial charge in [0.15, 0.2) is 5.78 Å². The molecular formula is C14H18N2O. The van der Waals surface area contributed by atoms with E-state index in [0.717, 1.165) is 5.56 Å². The van der Waals surface area contributed by atoms with E-state index in [1.54, 1.807) is 19.1 Å². The topological polar surface area (TPSA) is 44.1 Å². The van der Waals surface area contributed by atoms with Gasteiger partial charge in [0.05, 0.1) is 12.0 Å². The summed E-state index contributed by atoms with van der Waals surface area (Å²) < 4.78 is 0. The molecule has 1 rings (SSSR count). The van der Waals surface area contributed by atoms with Gasteiger partial charge in [0, 0.05) is 11.6 Å². The minimum absolute atomic E-state index is 0.0470. The minimum atomic E-state index is -0.175. The summed E-state index contributed by atoms with van der Waals surface area (Å²) in [4.78, 5) is 13.2. The second-order valence-corrected chi connectivity index (χ2v) is 4.49. The Balaban J connectivity index is 2.98. The molecule has 0 saturated carbocycles. The Morgan fingerprint density at radius 1 is 1.29 bits per heavy atom. The van der Waals surface area contributed by atoms with Crippen LogP contribution in [-0.4, -0.2) is 30.8 Å². The molecule has 17 heavy (non-hydrogen) atoms. The Morgan fingerprint density at radius 3 is 2.18 bits per heavy atom. The van der Waals surface area contributed by atoms with E-state index in [9.17, 15) is 10.1 Å². The molecule has 90 valence electrons. The lowest BCUT2D eigenvalue weighted by Crippen LogP contribution is -2.30. The van der Waals surface area contributed by atoms with Gasteiger partial charge in [-0.05, 0) is 33.5 Å². The Labute approximate surface area is 103 Å². The third-order valence-electron chi connectivity index (χ3n) is 3.11. The van der Waals surface area contributed by atoms with Crippen LogP contribution >= 0.6 is 0 Å². The smallest absolute Gasteiger partial charge is 0.159 e. The van der Waals surface area contributed by atoms with Crippen molar-refractivity contribution in [2.24, 2.45) is 0 Å². The molecule has 0 bridgehead atoms. The van der Waals surface area contributed by atoms with Crippen molar-refractivity contribution in [3.63, 3.8) is 0 Å². The summed E-state index contributed by atoms with van der Waals surface area (Å²) in [5.74, 6) is -0.128. The molecule has 2 atom stereocenters. The van der Waals surface area contributed by atoms with Gasteiger partial charge in [0.1, 0.15) is 0 Å². The summed E-state index contributed by atoms with van der Waals surface area (Å²) in [7, 11) is 3.91. The maximum absolute atomic E-state index is 11.2. The predicted octanol–water partition coefficient (Wildman–Crippen LogP) is 2.45. The monoisotopic (exact) mass is 230 g/mol. The molecule has 0 aliphatic carbocycles. The Kier molecular flexibility index (Phi) is 4.42. The second kappa shape index (κ2) is 5.60. The number of hydrogen-bond acceptors (Lipinski definition) is 3. The Hall–Kier alpha value is -1.66. The van der Waals surface area contributed by atoms with Gasteiger partial charge in [0.25, 0.3) is 0 Å². The van der Waals surface area contributed by atoms with Crippen LogP contribution in [0.15, 0.2) is 24.3 Å². The lowest BCUT2D eigenvalue weighted by molar-refractivity contribution is 0.101. The van der Waals surface area contributed by atoms with Gasteiger partial charge in [-0.3, -0.25) is 4.79 Å². The fourth-order valence-electron chi connectivity index (χ4n) is 1.68. The number of hydrogen-bond donors (Lipinski definition) is 0. The van der Waals surface area contributed by atoms with E-state index >= 15 is 0 Å². The maximum atomic E-state index is 11.2. The number of nitriles is 1. The first kappa shape index (κ1) is 13.4. The standard InChI is InChI=1S/C14H18N2O/c1-10(16(3)4)14(9-15)13-7-5-12(6-8-13)11(2)17/h5-8,10,14H,1-4H3. The summed E-state index contributed by atoms with van der Waals surface area (Å²) >= 11 is 0. The van der Waals surface area contributed by atoms with Crippen LogP contribution < -0.4 is 0 Å². The second-order valence-electron chi connectivity index (χ2n) is 4.49. The quantitative estimate of drug-likeness (QED) is 0.746. The van der Waals surface area contributed by atoms with Crippen molar-refractivity contribution in [1.29, 1.82) is 5.26 Å². The van der Waals surface area contributed by atoms with Gasteiger partial charge in [-0.25, -0.2) is 0 Å². The van der Waals surface area contributed by atoms with Crippen LogP contribution in [0.4, 0.5) is 0 Å². The largest absolute Gasteiger partial charge is 0.305 e. The third-order valence-corrected chi connectivity index (χ3v) is 3.11. The third kappa shape index (κ3) is 3.15. The van der Waals surface area contributed by atoms with Gasteiger partial charge in [-0.1, -0.05) is 24.3 Å². The number of carbonyl (C=O) groups is 1. The predicted molar refractivity (Wildman–Crippen MR) is 67.9 cm³/mol. The van der Waals surface area contributed by atoms with Crippen molar-refractivity contribution in [3.05, 3.63) is 35.4 Å². The number of Topliss-reactive ketones (excluding diaryl/α,β-unsaturated/α-hetero) is 1. The van der Waals surface area contributed by atoms with Crippen LogP contribution in [0, 0.1) is 11.3 Å². The molecule has 3 heteroatoms. The SMILES string of the molecule is CC(=O)c1ccc(C(C#N)C(C)N(C)C)cc1. The van der Waals surface area contributed by atoms with Gasteiger partial charge in [-0.2, -0.15) is 5.26 Å². The molecule has 0 aromatic heterocycles. The summed E-state index contributed by atoms with van der Waals surface area (Å²) in [5.41, 5.74) is 1.64. The Morgan fingerprint density at radius 2 is 1.82 bits per heavy atom. The maximum Gasteiger partial charge on any atom is 0.159 e. The summed E-state index contributed by atoms with van der Waals surface area (Å²) in [6.45, 7) is 3.56. The molecule has 0 fully saturated rings. The summed E-state index contributed by atoms with van der Waals surface area (Å²) in [5, 5.41) is 9.23. The van der Waals surface area contributed by atoms with E-state index in [0.29, 0.717) is 5.56 Å². The number of rotatable bonds is 4. The first-order valence-corrected chi connectivity index (χ1v) is 5.64. The molecule has 0 aliphatic heterocycles. The van der Waals surface area contributed by atoms with E-state index in [1.807, 2.05) is 38.1 Å². The van der Waals surface area contributed by atoms with Crippen LogP contribution in [0.2, 0.25) is 0 Å². The molecular weight excluding hydrogens is 212 g/mol. The molecule has 0 N–H and O–H groups in total. The average molecular weight is 230 g/mol. The first-order chi connectivity index (χ1) is 7.97. The van der Waals surface area contributed by atoms with Crippen molar-refractivity contribution in [2.75, 3.05) is 14.1 Å². The van der Waals surface area contributed by atoms with E-state index in [2.05, 4.69) is 6.07 Å². The number of ketones is 1. The van der Waals surface area contributed by atoms with Crippen molar-refractivity contribution < 1.29 is 4.79 Å². The lowest BCUT2D eigenvalue weighted by atomic mass is 9.92. The summed E-state index contributed by atoms with van der Waals surface area (Å²) in [6.07, 6.45) is 0. The number of nitrogens with zero attached hydrogens (tertiary/aromatic N) is 2. The highest BCUT2D eigenvalue weighted by molar-refractivity contribution is 5.94. The van der Waals surface area contributed by atoms with E-state index < -0.39 is 0 Å². The number of benzene rings is 1. The van der Waals surface area contributed by atoms with Gasteiger partial charge < -0.3 is 4.90 Å². The van der Waals surface area contributed by atoms with E-state index in [1.165, 1.54) is 0 Å². The van der Waals surface area contributed by atoms with Crippen molar-refractivity contribution in [2.45, 2.75) is 25.8 Å². The molecule has 1 aromatic carbocycles. The highest BCUT2D eigenvalue weighted by atomic mass is 16.1. The normalized spacial score (nSPS) is 14.1. The van der Waals surface area contributed by atoms with Crippen LogP contribution in [0.3, 0.4) is 0 Å². The van der Waals surface area contributed by atoms with Crippen LogP contribution in [0.1, 0.15) is 35.7 Å². The van der Waals surface area contributed by atoms with Crippen LogP contribution in [0.5, 0.6) is 0 Å². The van der Waals surface area contributed by atoms with E-state index in [-0.39, 0.29) is 17.7 Å². The fraction of sp³-hybridized carbons (Fsp3) is 0.429. The number of likely N-dealkylation sites (N-methyl/N-ethyl adjacent to an activating group) is 1. The van der Waals surface area contributed by atoms with Gasteiger partial charge in [-0.15, -0.1) is 0 Å². The summed E-state index contributed by atoms with van der Waals surface area (Å²) in [6, 6.07) is 9.76. The lowest BCUT2D eigenvalue weighted by Gasteiger charge is -2.24. The molecule has 0 heterocycles. The molecule has 2 unspecified atom stereocenters. The van der Waals surface area contributed by atoms with Gasteiger partial charge in [0.2, 0.25) is 0 Å². The number of carbonyl (C=O) groups excluding carboxylic acids is 1. The molecule has 0 saturated heterocycles. The van der Waals surface area contributed by atoms with E-state index in [4.69, 9.17) is 0 Å². The Bertz CT molecular complexity index is 429. The molecule has 0 aliphatic rings. The zero-order valence-corrected chi connectivity index (χ0v) is 10.8. The average Bonchev–Trinajstić information content (AvgIpc) is 2.30. The molecule has 1 aromatic rings. The fourth-order valence-corrected chi connectivity index (χ4v) is 1.68. The van der Waals surface area contributed by atoms with Crippen molar-refractivity contribution >= 4 is 5.78 Å². The zero-order chi connectivity index (χ0) is 13.0. The molecule has 0 amide bonds. The minimum Gasteiger partial charge on any atom is -0.305 e. The van der Waals surface area contributed by atoms with Crippen molar-refractivity contribution in [1.82, 2.24) is 4.90 Å². The van der Waals surface area contributed by atoms with Crippen LogP contribution in [-0.2, 0) is 0 Å². The zero-order valence-electron chi connectivity index (χ0n) is 10.8.